The van der Waals surface area contributed by atoms with Gasteiger partial charge in [0.25, 0.3) is 0 Å². The molecule has 0 fully saturated rings. The number of rotatable bonds is 6. The zero-order valence-corrected chi connectivity index (χ0v) is 17.0. The number of likely N-dealkylation sites (N-methyl/N-ethyl adjacent to an activating group) is 1. The molecule has 0 aliphatic carbocycles. The smallest absolute Gasteiger partial charge is 0.191 e. The number of hydrogen-bond acceptors (Lipinski definition) is 2. The molecular formula is C17H31IN4. The van der Waals surface area contributed by atoms with Crippen molar-refractivity contribution < 1.29 is 0 Å². The van der Waals surface area contributed by atoms with E-state index in [4.69, 9.17) is 0 Å². The third-order valence-electron chi connectivity index (χ3n) is 3.98. The van der Waals surface area contributed by atoms with Gasteiger partial charge in [-0.05, 0) is 31.9 Å². The molecule has 22 heavy (non-hydrogen) atoms. The van der Waals surface area contributed by atoms with Crippen LogP contribution in [0.1, 0.15) is 27.7 Å². The van der Waals surface area contributed by atoms with Crippen LogP contribution in [0.3, 0.4) is 0 Å². The molecule has 5 heteroatoms. The predicted octanol–water partition coefficient (Wildman–Crippen LogP) is 3.34. The molecule has 1 aromatic carbocycles. The van der Waals surface area contributed by atoms with Crippen LogP contribution in [-0.2, 0) is 0 Å². The van der Waals surface area contributed by atoms with Crippen LogP contribution in [0.4, 0.5) is 5.69 Å². The fourth-order valence-corrected chi connectivity index (χ4v) is 1.88. The van der Waals surface area contributed by atoms with Gasteiger partial charge >= 0.3 is 0 Å². The van der Waals surface area contributed by atoms with E-state index in [0.717, 1.165) is 12.5 Å². The maximum atomic E-state index is 4.29. The SMILES string of the molecule is CN=C(NCC(C)N(C)c1ccccc1)NC(C)C(C)C.I. The van der Waals surface area contributed by atoms with E-state index in [1.165, 1.54) is 5.69 Å². The largest absolute Gasteiger partial charge is 0.370 e. The molecule has 0 heterocycles. The second kappa shape index (κ2) is 10.7. The van der Waals surface area contributed by atoms with Gasteiger partial charge in [0, 0.05) is 38.4 Å². The van der Waals surface area contributed by atoms with Crippen LogP contribution < -0.4 is 15.5 Å². The van der Waals surface area contributed by atoms with Crippen LogP contribution in [-0.4, -0.2) is 38.7 Å². The Morgan fingerprint density at radius 2 is 1.73 bits per heavy atom. The average Bonchev–Trinajstić information content (AvgIpc) is 2.50. The van der Waals surface area contributed by atoms with E-state index < -0.39 is 0 Å². The predicted molar refractivity (Wildman–Crippen MR) is 109 cm³/mol. The first kappa shape index (κ1) is 21.0. The Kier molecular flexibility index (Phi) is 10.2. The van der Waals surface area contributed by atoms with Crippen molar-refractivity contribution in [3.05, 3.63) is 30.3 Å². The maximum absolute atomic E-state index is 4.29. The number of anilines is 1. The molecule has 2 atom stereocenters. The average molecular weight is 418 g/mol. The van der Waals surface area contributed by atoms with Crippen molar-refractivity contribution >= 4 is 35.6 Å². The molecule has 0 radical (unpaired) electrons. The van der Waals surface area contributed by atoms with Crippen LogP contribution in [0, 0.1) is 5.92 Å². The van der Waals surface area contributed by atoms with Gasteiger partial charge in [-0.3, -0.25) is 4.99 Å². The third-order valence-corrected chi connectivity index (χ3v) is 3.98. The number of halogens is 1. The number of guanidine groups is 1. The quantitative estimate of drug-likeness (QED) is 0.423. The molecular weight excluding hydrogens is 387 g/mol. The Morgan fingerprint density at radius 3 is 2.23 bits per heavy atom. The van der Waals surface area contributed by atoms with E-state index in [1.807, 2.05) is 13.1 Å². The summed E-state index contributed by atoms with van der Waals surface area (Å²) in [6, 6.07) is 11.2. The van der Waals surface area contributed by atoms with E-state index in [2.05, 4.69) is 79.5 Å². The summed E-state index contributed by atoms with van der Waals surface area (Å²) < 4.78 is 0. The molecule has 0 aliphatic rings. The number of nitrogens with zero attached hydrogens (tertiary/aromatic N) is 2. The minimum absolute atomic E-state index is 0. The van der Waals surface area contributed by atoms with Gasteiger partial charge < -0.3 is 15.5 Å². The molecule has 1 aromatic rings. The van der Waals surface area contributed by atoms with Gasteiger partial charge in [0.05, 0.1) is 0 Å². The van der Waals surface area contributed by atoms with Gasteiger partial charge in [-0.15, -0.1) is 24.0 Å². The van der Waals surface area contributed by atoms with E-state index >= 15 is 0 Å². The molecule has 0 bridgehead atoms. The van der Waals surface area contributed by atoms with E-state index in [0.29, 0.717) is 18.0 Å². The molecule has 0 spiro atoms. The molecule has 0 aromatic heterocycles. The van der Waals surface area contributed by atoms with Crippen LogP contribution >= 0.6 is 24.0 Å². The van der Waals surface area contributed by atoms with Crippen molar-refractivity contribution in [2.75, 3.05) is 25.5 Å². The summed E-state index contributed by atoms with van der Waals surface area (Å²) in [7, 11) is 3.93. The van der Waals surface area contributed by atoms with Crippen LogP contribution in [0.25, 0.3) is 0 Å². The molecule has 126 valence electrons. The fourth-order valence-electron chi connectivity index (χ4n) is 1.88. The molecule has 0 saturated heterocycles. The second-order valence-electron chi connectivity index (χ2n) is 5.93. The molecule has 0 amide bonds. The third kappa shape index (κ3) is 6.85. The van der Waals surface area contributed by atoms with E-state index in [9.17, 15) is 0 Å². The zero-order chi connectivity index (χ0) is 15.8. The topological polar surface area (TPSA) is 39.7 Å². The summed E-state index contributed by atoms with van der Waals surface area (Å²) in [6.45, 7) is 9.64. The Balaban J connectivity index is 0.00000441. The van der Waals surface area contributed by atoms with Crippen LogP contribution in [0.15, 0.2) is 35.3 Å². The maximum Gasteiger partial charge on any atom is 0.191 e. The summed E-state index contributed by atoms with van der Waals surface area (Å²) >= 11 is 0. The van der Waals surface area contributed by atoms with Crippen LogP contribution in [0.5, 0.6) is 0 Å². The summed E-state index contributed by atoms with van der Waals surface area (Å²) in [5.74, 6) is 1.44. The van der Waals surface area contributed by atoms with Crippen molar-refractivity contribution in [3.8, 4) is 0 Å². The Labute approximate surface area is 152 Å². The van der Waals surface area contributed by atoms with E-state index in [1.54, 1.807) is 0 Å². The van der Waals surface area contributed by atoms with Gasteiger partial charge in [-0.2, -0.15) is 0 Å². The lowest BCUT2D eigenvalue weighted by molar-refractivity contribution is 0.479. The monoisotopic (exact) mass is 418 g/mol. The molecule has 4 nitrogen and oxygen atoms in total. The van der Waals surface area contributed by atoms with Crippen molar-refractivity contribution in [2.45, 2.75) is 39.8 Å². The highest BCUT2D eigenvalue weighted by molar-refractivity contribution is 14.0. The van der Waals surface area contributed by atoms with Gasteiger partial charge in [-0.1, -0.05) is 32.0 Å². The highest BCUT2D eigenvalue weighted by Crippen LogP contribution is 2.13. The van der Waals surface area contributed by atoms with Crippen molar-refractivity contribution in [2.24, 2.45) is 10.9 Å². The molecule has 2 N–H and O–H groups in total. The summed E-state index contributed by atoms with van der Waals surface area (Å²) in [5.41, 5.74) is 1.23. The molecule has 2 unspecified atom stereocenters. The Bertz CT molecular complexity index is 434. The van der Waals surface area contributed by atoms with Crippen molar-refractivity contribution in [1.82, 2.24) is 10.6 Å². The first-order valence-corrected chi connectivity index (χ1v) is 7.70. The Hall–Kier alpha value is -0.980. The van der Waals surface area contributed by atoms with Gasteiger partial charge in [0.1, 0.15) is 0 Å². The molecule has 0 saturated carbocycles. The molecule has 1 rings (SSSR count). The Morgan fingerprint density at radius 1 is 1.14 bits per heavy atom. The van der Waals surface area contributed by atoms with Gasteiger partial charge in [0.2, 0.25) is 0 Å². The van der Waals surface area contributed by atoms with E-state index in [-0.39, 0.29) is 24.0 Å². The highest BCUT2D eigenvalue weighted by atomic mass is 127. The minimum atomic E-state index is 0. The molecule has 0 aliphatic heterocycles. The normalized spacial score (nSPS) is 14.0. The lowest BCUT2D eigenvalue weighted by Gasteiger charge is -2.28. The summed E-state index contributed by atoms with van der Waals surface area (Å²) in [5, 5.41) is 6.82. The minimum Gasteiger partial charge on any atom is -0.370 e. The van der Waals surface area contributed by atoms with Gasteiger partial charge in [-0.25, -0.2) is 0 Å². The zero-order valence-electron chi connectivity index (χ0n) is 14.6. The number of para-hydroxylation sites is 1. The van der Waals surface area contributed by atoms with Gasteiger partial charge in [0.15, 0.2) is 5.96 Å². The van der Waals surface area contributed by atoms with Crippen LogP contribution in [0.2, 0.25) is 0 Å². The fraction of sp³-hybridized carbons (Fsp3) is 0.588. The first-order valence-electron chi connectivity index (χ1n) is 7.70. The lowest BCUT2D eigenvalue weighted by Crippen LogP contribution is -2.48. The van der Waals surface area contributed by atoms with Crippen molar-refractivity contribution in [1.29, 1.82) is 0 Å². The number of nitrogens with one attached hydrogen (secondary N) is 2. The van der Waals surface area contributed by atoms with Crippen molar-refractivity contribution in [3.63, 3.8) is 0 Å². The standard InChI is InChI=1S/C17H30N4.HI/c1-13(2)15(4)20-17(18-5)19-12-14(3)21(6)16-10-8-7-9-11-16;/h7-11,13-15H,12H2,1-6H3,(H2,18,19,20);1H. The number of aliphatic imine (C=N–C) groups is 1. The summed E-state index contributed by atoms with van der Waals surface area (Å²) in [6.07, 6.45) is 0. The summed E-state index contributed by atoms with van der Waals surface area (Å²) in [4.78, 5) is 6.56. The highest BCUT2D eigenvalue weighted by Gasteiger charge is 2.12. The lowest BCUT2D eigenvalue weighted by atomic mass is 10.1. The first-order chi connectivity index (χ1) is 9.95. The number of benzene rings is 1. The second-order valence-corrected chi connectivity index (χ2v) is 5.93. The number of hydrogen-bond donors (Lipinski definition) is 2.